The average molecular weight is 201 g/mol. The molecule has 1 aromatic rings. The van der Waals surface area contributed by atoms with Crippen molar-refractivity contribution in [2.24, 2.45) is 0 Å². The van der Waals surface area contributed by atoms with Gasteiger partial charge in [0.25, 0.3) is 0 Å². The topological polar surface area (TPSA) is 71.4 Å². The third-order valence-corrected chi connectivity index (χ3v) is 2.89. The number of nitriles is 3. The number of rotatable bonds is 3. The smallest absolute Gasteiger partial charge is 0.0698 e. The van der Waals surface area contributed by atoms with Crippen molar-refractivity contribution >= 4 is 11.3 Å². The normalized spacial score (nSPS) is 8.64. The van der Waals surface area contributed by atoms with Crippen LogP contribution in [-0.2, 0) is 19.3 Å². The Balaban J connectivity index is 2.96. The zero-order valence-electron chi connectivity index (χ0n) is 7.45. The molecule has 1 aromatic heterocycles. The Kier molecular flexibility index (Phi) is 3.68. The van der Waals surface area contributed by atoms with Gasteiger partial charge in [-0.1, -0.05) is 0 Å². The highest BCUT2D eigenvalue weighted by Gasteiger charge is 2.07. The average Bonchev–Trinajstić information content (AvgIpc) is 2.50. The van der Waals surface area contributed by atoms with E-state index in [1.54, 1.807) is 0 Å². The lowest BCUT2D eigenvalue weighted by molar-refractivity contribution is 1.20. The van der Waals surface area contributed by atoms with Gasteiger partial charge in [0.05, 0.1) is 37.5 Å². The van der Waals surface area contributed by atoms with Crippen LogP contribution in [0, 0.1) is 34.0 Å². The van der Waals surface area contributed by atoms with Crippen LogP contribution in [0.4, 0.5) is 0 Å². The van der Waals surface area contributed by atoms with Gasteiger partial charge in [0.2, 0.25) is 0 Å². The predicted molar refractivity (Wildman–Crippen MR) is 52.3 cm³/mol. The zero-order chi connectivity index (χ0) is 10.4. The highest BCUT2D eigenvalue weighted by molar-refractivity contribution is 7.12. The maximum Gasteiger partial charge on any atom is 0.0698 e. The maximum atomic E-state index is 8.56. The molecule has 0 fully saturated rings. The van der Waals surface area contributed by atoms with Gasteiger partial charge in [-0.25, -0.2) is 0 Å². The van der Waals surface area contributed by atoms with Gasteiger partial charge < -0.3 is 0 Å². The summed E-state index contributed by atoms with van der Waals surface area (Å²) in [6.07, 6.45) is 1.00. The Labute approximate surface area is 86.4 Å². The van der Waals surface area contributed by atoms with Crippen LogP contribution in [0.2, 0.25) is 0 Å². The summed E-state index contributed by atoms with van der Waals surface area (Å²) in [5.74, 6) is 0. The van der Waals surface area contributed by atoms with E-state index in [9.17, 15) is 0 Å². The molecule has 14 heavy (non-hydrogen) atoms. The molecule has 0 aliphatic rings. The molecule has 0 spiro atoms. The molecule has 4 heteroatoms. The van der Waals surface area contributed by atoms with Crippen LogP contribution >= 0.6 is 11.3 Å². The minimum Gasteiger partial charge on any atom is -0.198 e. The molecule has 0 radical (unpaired) electrons. The van der Waals surface area contributed by atoms with Gasteiger partial charge in [-0.2, -0.15) is 15.8 Å². The summed E-state index contributed by atoms with van der Waals surface area (Å²) < 4.78 is 0. The van der Waals surface area contributed by atoms with E-state index in [0.29, 0.717) is 19.3 Å². The van der Waals surface area contributed by atoms with E-state index in [1.807, 2.05) is 6.07 Å². The third-order valence-electron chi connectivity index (χ3n) is 1.71. The molecule has 0 aliphatic heterocycles. The fourth-order valence-corrected chi connectivity index (χ4v) is 2.20. The van der Waals surface area contributed by atoms with Gasteiger partial charge >= 0.3 is 0 Å². The van der Waals surface area contributed by atoms with E-state index in [4.69, 9.17) is 15.8 Å². The van der Waals surface area contributed by atoms with Crippen molar-refractivity contribution in [1.82, 2.24) is 0 Å². The predicted octanol–water partition coefficient (Wildman–Crippen LogP) is 1.95. The molecule has 0 aliphatic carbocycles. The SMILES string of the molecule is N#CCc1cc(CC#N)c(CC#N)s1. The molecule has 0 saturated heterocycles. The first-order valence-electron chi connectivity index (χ1n) is 4.03. The lowest BCUT2D eigenvalue weighted by Crippen LogP contribution is -1.84. The molecular formula is C10H7N3S. The quantitative estimate of drug-likeness (QED) is 0.750. The maximum absolute atomic E-state index is 8.56. The van der Waals surface area contributed by atoms with E-state index >= 15 is 0 Å². The molecule has 0 aromatic carbocycles. The molecule has 68 valence electrons. The molecule has 3 nitrogen and oxygen atoms in total. The first kappa shape index (κ1) is 10.3. The summed E-state index contributed by atoms with van der Waals surface area (Å²) >= 11 is 1.45. The summed E-state index contributed by atoms with van der Waals surface area (Å²) in [5, 5.41) is 25.6. The van der Waals surface area contributed by atoms with E-state index in [-0.39, 0.29) is 0 Å². The summed E-state index contributed by atoms with van der Waals surface area (Å²) in [4.78, 5) is 1.85. The largest absolute Gasteiger partial charge is 0.198 e. The molecule has 0 unspecified atom stereocenters. The van der Waals surface area contributed by atoms with Crippen molar-refractivity contribution in [1.29, 1.82) is 15.8 Å². The Bertz CT molecular complexity index is 406. The van der Waals surface area contributed by atoms with Crippen LogP contribution in [0.15, 0.2) is 6.07 Å². The van der Waals surface area contributed by atoms with Crippen LogP contribution in [-0.4, -0.2) is 0 Å². The zero-order valence-corrected chi connectivity index (χ0v) is 8.27. The molecule has 0 atom stereocenters. The van der Waals surface area contributed by atoms with Crippen molar-refractivity contribution in [2.45, 2.75) is 19.3 Å². The minimum absolute atomic E-state index is 0.318. The van der Waals surface area contributed by atoms with E-state index in [0.717, 1.165) is 15.3 Å². The Morgan fingerprint density at radius 1 is 1.00 bits per heavy atom. The number of nitrogens with zero attached hydrogens (tertiary/aromatic N) is 3. The number of thiophene rings is 1. The second-order valence-corrected chi connectivity index (χ2v) is 3.89. The standard InChI is InChI=1S/C10H7N3S/c11-4-1-8-7-9(2-5-12)14-10(8)3-6-13/h7H,1-3H2. The lowest BCUT2D eigenvalue weighted by atomic mass is 10.1. The van der Waals surface area contributed by atoms with Crippen molar-refractivity contribution in [3.05, 3.63) is 21.4 Å². The fraction of sp³-hybridized carbons (Fsp3) is 0.300. The summed E-state index contributed by atoms with van der Waals surface area (Å²) in [6.45, 7) is 0. The minimum atomic E-state index is 0.318. The monoisotopic (exact) mass is 201 g/mol. The van der Waals surface area contributed by atoms with E-state index in [2.05, 4.69) is 18.2 Å². The van der Waals surface area contributed by atoms with Crippen LogP contribution < -0.4 is 0 Å². The van der Waals surface area contributed by atoms with Crippen molar-refractivity contribution < 1.29 is 0 Å². The first-order valence-corrected chi connectivity index (χ1v) is 4.84. The van der Waals surface area contributed by atoms with Crippen molar-refractivity contribution in [3.8, 4) is 18.2 Å². The van der Waals surface area contributed by atoms with Gasteiger partial charge in [-0.15, -0.1) is 11.3 Å². The molecule has 1 rings (SSSR count). The van der Waals surface area contributed by atoms with Crippen LogP contribution in [0.5, 0.6) is 0 Å². The van der Waals surface area contributed by atoms with Gasteiger partial charge in [0.1, 0.15) is 0 Å². The van der Waals surface area contributed by atoms with E-state index < -0.39 is 0 Å². The van der Waals surface area contributed by atoms with Crippen molar-refractivity contribution in [2.75, 3.05) is 0 Å². The molecule has 0 N–H and O–H groups in total. The van der Waals surface area contributed by atoms with Crippen molar-refractivity contribution in [3.63, 3.8) is 0 Å². The first-order chi connectivity index (χ1) is 6.81. The third kappa shape index (κ3) is 2.33. The fourth-order valence-electron chi connectivity index (χ4n) is 1.15. The molecular weight excluding hydrogens is 194 g/mol. The van der Waals surface area contributed by atoms with Crippen LogP contribution in [0.1, 0.15) is 15.3 Å². The van der Waals surface area contributed by atoms with Crippen LogP contribution in [0.25, 0.3) is 0 Å². The number of hydrogen-bond donors (Lipinski definition) is 0. The highest BCUT2D eigenvalue weighted by atomic mass is 32.1. The summed E-state index contributed by atoms with van der Waals surface area (Å²) in [6, 6.07) is 8.01. The molecule has 0 saturated carbocycles. The Morgan fingerprint density at radius 2 is 1.64 bits per heavy atom. The van der Waals surface area contributed by atoms with Gasteiger partial charge in [-0.3, -0.25) is 0 Å². The van der Waals surface area contributed by atoms with E-state index in [1.165, 1.54) is 11.3 Å². The van der Waals surface area contributed by atoms with Crippen LogP contribution in [0.3, 0.4) is 0 Å². The summed E-state index contributed by atoms with van der Waals surface area (Å²) in [7, 11) is 0. The second-order valence-electron chi connectivity index (χ2n) is 2.67. The lowest BCUT2D eigenvalue weighted by Gasteiger charge is -1.90. The summed E-state index contributed by atoms with van der Waals surface area (Å²) in [5.41, 5.74) is 0.893. The highest BCUT2D eigenvalue weighted by Crippen LogP contribution is 2.23. The Hall–Kier alpha value is -1.83. The molecule has 0 amide bonds. The second kappa shape index (κ2) is 5.02. The molecule has 0 bridgehead atoms. The Morgan fingerprint density at radius 3 is 2.21 bits per heavy atom. The van der Waals surface area contributed by atoms with Gasteiger partial charge in [-0.05, 0) is 11.6 Å². The van der Waals surface area contributed by atoms with Gasteiger partial charge in [0.15, 0.2) is 0 Å². The number of hydrogen-bond acceptors (Lipinski definition) is 4. The molecule has 1 heterocycles. The van der Waals surface area contributed by atoms with Gasteiger partial charge in [0, 0.05) is 9.75 Å².